The van der Waals surface area contributed by atoms with Crippen LogP contribution < -0.4 is 4.72 Å². The SMILES string of the molecule is O=C(O)[C@@H]1CCCCN1S(=O)(=O)N[C@H](CI)COP(=O)(O)O. The van der Waals surface area contributed by atoms with E-state index in [2.05, 4.69) is 9.25 Å². The molecule has 1 aliphatic heterocycles. The summed E-state index contributed by atoms with van der Waals surface area (Å²) in [5, 5.41) is 9.11. The molecule has 0 radical (unpaired) electrons. The van der Waals surface area contributed by atoms with Gasteiger partial charge >= 0.3 is 13.8 Å². The average Bonchev–Trinajstić information content (AvgIpc) is 2.42. The Labute approximate surface area is 141 Å². The van der Waals surface area contributed by atoms with Gasteiger partial charge in [-0.15, -0.1) is 0 Å². The number of hydrogen-bond donors (Lipinski definition) is 4. The third-order valence-electron chi connectivity index (χ3n) is 2.99. The number of hydrogen-bond acceptors (Lipinski definition) is 5. The van der Waals surface area contributed by atoms with Crippen LogP contribution in [0.1, 0.15) is 19.3 Å². The minimum atomic E-state index is -4.70. The monoisotopic (exact) mass is 472 g/mol. The number of alkyl halides is 1. The third-order valence-corrected chi connectivity index (χ3v) is 6.23. The molecule has 1 fully saturated rings. The van der Waals surface area contributed by atoms with Crippen LogP contribution in [0.4, 0.5) is 0 Å². The second-order valence-corrected chi connectivity index (χ2v) is 8.50. The van der Waals surface area contributed by atoms with Crippen LogP contribution in [0.3, 0.4) is 0 Å². The van der Waals surface area contributed by atoms with Gasteiger partial charge < -0.3 is 14.9 Å². The largest absolute Gasteiger partial charge is 0.480 e. The van der Waals surface area contributed by atoms with Crippen LogP contribution >= 0.6 is 30.4 Å². The maximum Gasteiger partial charge on any atom is 0.469 e. The summed E-state index contributed by atoms with van der Waals surface area (Å²) in [5.74, 6) is -1.22. The molecule has 10 nitrogen and oxygen atoms in total. The number of phosphoric ester groups is 1. The number of phosphoric acid groups is 1. The zero-order chi connectivity index (χ0) is 17.0. The molecular formula is C9H18IN2O8PS. The molecule has 130 valence electrons. The predicted molar refractivity (Wildman–Crippen MR) is 84.7 cm³/mol. The number of carbonyl (C=O) groups is 1. The molecule has 0 aromatic carbocycles. The Balaban J connectivity index is 2.78. The fourth-order valence-electron chi connectivity index (χ4n) is 2.01. The van der Waals surface area contributed by atoms with Crippen molar-refractivity contribution in [2.45, 2.75) is 31.3 Å². The van der Waals surface area contributed by atoms with Crippen molar-refractivity contribution < 1.29 is 37.2 Å². The topological polar surface area (TPSA) is 153 Å². The maximum absolute atomic E-state index is 12.3. The van der Waals surface area contributed by atoms with Crippen molar-refractivity contribution in [3.63, 3.8) is 0 Å². The molecule has 0 bridgehead atoms. The van der Waals surface area contributed by atoms with Crippen molar-refractivity contribution in [2.24, 2.45) is 0 Å². The first-order valence-electron chi connectivity index (χ1n) is 6.35. The lowest BCUT2D eigenvalue weighted by Crippen LogP contribution is -2.55. The second kappa shape index (κ2) is 8.33. The quantitative estimate of drug-likeness (QED) is 0.213. The fourth-order valence-corrected chi connectivity index (χ4v) is 4.77. The summed E-state index contributed by atoms with van der Waals surface area (Å²) >= 11 is 1.84. The molecule has 1 aliphatic rings. The minimum absolute atomic E-state index is 0.0830. The lowest BCUT2D eigenvalue weighted by atomic mass is 10.1. The van der Waals surface area contributed by atoms with Crippen molar-refractivity contribution in [1.29, 1.82) is 0 Å². The number of aliphatic carboxylic acids is 1. The summed E-state index contributed by atoms with van der Waals surface area (Å²) in [6, 6.07) is -2.02. The second-order valence-electron chi connectivity index (χ2n) is 4.72. The van der Waals surface area contributed by atoms with Gasteiger partial charge in [0.1, 0.15) is 6.04 Å². The molecule has 2 atom stereocenters. The summed E-state index contributed by atoms with van der Waals surface area (Å²) in [6.45, 7) is -0.433. The van der Waals surface area contributed by atoms with Gasteiger partial charge in [-0.25, -0.2) is 4.57 Å². The minimum Gasteiger partial charge on any atom is -0.480 e. The highest BCUT2D eigenvalue weighted by Crippen LogP contribution is 2.35. The van der Waals surface area contributed by atoms with Gasteiger partial charge in [0, 0.05) is 11.0 Å². The summed E-state index contributed by atoms with van der Waals surface area (Å²) < 4.78 is 42.8. The third kappa shape index (κ3) is 6.35. The van der Waals surface area contributed by atoms with E-state index in [9.17, 15) is 17.8 Å². The zero-order valence-electron chi connectivity index (χ0n) is 11.5. The standard InChI is InChI=1S/C9H18IN2O8PS/c10-5-7(6-20-21(15,16)17)11-22(18,19)12-4-2-1-3-8(12)9(13)14/h7-8,11H,1-6H2,(H,13,14)(H2,15,16,17)/t7-,8+/m1/s1. The number of nitrogens with one attached hydrogen (secondary N) is 1. The van der Waals surface area contributed by atoms with Gasteiger partial charge in [-0.2, -0.15) is 17.4 Å². The maximum atomic E-state index is 12.3. The van der Waals surface area contributed by atoms with E-state index in [4.69, 9.17) is 14.9 Å². The summed E-state index contributed by atoms with van der Waals surface area (Å²) in [5.41, 5.74) is 0. The van der Waals surface area contributed by atoms with Crippen LogP contribution in [-0.4, -0.2) is 63.2 Å². The first-order chi connectivity index (χ1) is 10.1. The number of halogens is 1. The van der Waals surface area contributed by atoms with Crippen LogP contribution in [0.25, 0.3) is 0 Å². The lowest BCUT2D eigenvalue weighted by molar-refractivity contribution is -0.142. The highest BCUT2D eigenvalue weighted by molar-refractivity contribution is 14.1. The molecule has 4 N–H and O–H groups in total. The van der Waals surface area contributed by atoms with E-state index in [0.29, 0.717) is 12.8 Å². The van der Waals surface area contributed by atoms with E-state index in [1.165, 1.54) is 0 Å². The normalized spacial score (nSPS) is 22.4. The molecule has 22 heavy (non-hydrogen) atoms. The summed E-state index contributed by atoms with van der Waals surface area (Å²) in [7, 11) is -8.80. The number of rotatable bonds is 8. The van der Waals surface area contributed by atoms with E-state index in [-0.39, 0.29) is 17.4 Å². The molecule has 0 aromatic heterocycles. The predicted octanol–water partition coefficient (Wildman–Crippen LogP) is -0.327. The first kappa shape index (κ1) is 20.2. The van der Waals surface area contributed by atoms with Gasteiger partial charge in [0.05, 0.1) is 12.6 Å². The van der Waals surface area contributed by atoms with E-state index in [1.807, 2.05) is 22.6 Å². The summed E-state index contributed by atoms with van der Waals surface area (Å²) in [6.07, 6.45) is 1.41. The Morgan fingerprint density at radius 2 is 2.09 bits per heavy atom. The van der Waals surface area contributed by atoms with Crippen molar-refractivity contribution >= 4 is 46.6 Å². The molecule has 0 aromatic rings. The Morgan fingerprint density at radius 3 is 2.59 bits per heavy atom. The van der Waals surface area contributed by atoms with Crippen LogP contribution in [-0.2, 0) is 24.1 Å². The van der Waals surface area contributed by atoms with Crippen LogP contribution in [0.15, 0.2) is 0 Å². The van der Waals surface area contributed by atoms with Crippen molar-refractivity contribution in [3.8, 4) is 0 Å². The Hall–Kier alpha value is 0.180. The first-order valence-corrected chi connectivity index (χ1v) is 10.8. The lowest BCUT2D eigenvalue weighted by Gasteiger charge is -2.33. The van der Waals surface area contributed by atoms with Gasteiger partial charge in [-0.1, -0.05) is 22.6 Å². The van der Waals surface area contributed by atoms with Gasteiger partial charge in [-0.05, 0) is 19.3 Å². The molecule has 0 spiro atoms. The van der Waals surface area contributed by atoms with Crippen molar-refractivity contribution in [3.05, 3.63) is 0 Å². The number of piperidine rings is 1. The van der Waals surface area contributed by atoms with Crippen molar-refractivity contribution in [1.82, 2.24) is 9.03 Å². The zero-order valence-corrected chi connectivity index (χ0v) is 15.3. The molecule has 1 heterocycles. The van der Waals surface area contributed by atoms with Crippen molar-refractivity contribution in [2.75, 3.05) is 17.6 Å². The Kier molecular flexibility index (Phi) is 7.66. The Morgan fingerprint density at radius 1 is 1.45 bits per heavy atom. The molecule has 1 rings (SSSR count). The number of nitrogens with zero attached hydrogens (tertiary/aromatic N) is 1. The number of carboxylic acids is 1. The average molecular weight is 472 g/mol. The van der Waals surface area contributed by atoms with Gasteiger partial charge in [0.2, 0.25) is 0 Å². The molecular weight excluding hydrogens is 454 g/mol. The van der Waals surface area contributed by atoms with Crippen LogP contribution in [0.2, 0.25) is 0 Å². The molecule has 0 saturated carbocycles. The van der Waals surface area contributed by atoms with Gasteiger partial charge in [-0.3, -0.25) is 9.32 Å². The van der Waals surface area contributed by atoms with E-state index in [1.54, 1.807) is 0 Å². The number of carboxylic acid groups (broad SMARTS) is 1. The smallest absolute Gasteiger partial charge is 0.469 e. The van der Waals surface area contributed by atoms with E-state index >= 15 is 0 Å². The molecule has 0 unspecified atom stereocenters. The molecule has 13 heteroatoms. The van der Waals surface area contributed by atoms with Crippen LogP contribution in [0.5, 0.6) is 0 Å². The van der Waals surface area contributed by atoms with E-state index in [0.717, 1.165) is 4.31 Å². The molecule has 0 amide bonds. The van der Waals surface area contributed by atoms with E-state index < -0.39 is 42.7 Å². The fraction of sp³-hybridized carbons (Fsp3) is 0.889. The highest BCUT2D eigenvalue weighted by atomic mass is 127. The highest BCUT2D eigenvalue weighted by Gasteiger charge is 2.37. The Bertz CT molecular complexity index is 538. The van der Waals surface area contributed by atoms with Crippen LogP contribution in [0, 0.1) is 0 Å². The van der Waals surface area contributed by atoms with Gasteiger partial charge in [0.25, 0.3) is 10.2 Å². The molecule has 1 saturated heterocycles. The van der Waals surface area contributed by atoms with Gasteiger partial charge in [0.15, 0.2) is 0 Å². The molecule has 0 aliphatic carbocycles. The summed E-state index contributed by atoms with van der Waals surface area (Å²) in [4.78, 5) is 28.5.